The van der Waals surface area contributed by atoms with Crippen molar-refractivity contribution in [1.82, 2.24) is 4.90 Å². The Bertz CT molecular complexity index is 1310. The number of carbonyl (C=O) groups excluding carboxylic acids is 2. The Morgan fingerprint density at radius 1 is 1.24 bits per heavy atom. The zero-order chi connectivity index (χ0) is 23.5. The van der Waals surface area contributed by atoms with Crippen molar-refractivity contribution in [3.63, 3.8) is 0 Å². The molecule has 1 unspecified atom stereocenters. The van der Waals surface area contributed by atoms with Crippen molar-refractivity contribution >= 4 is 29.1 Å². The number of hydrogen-bond acceptors (Lipinski definition) is 5. The highest BCUT2D eigenvalue weighted by molar-refractivity contribution is 7.14. The Hall–Kier alpha value is -2.96. The van der Waals surface area contributed by atoms with Crippen molar-refractivity contribution in [1.29, 1.82) is 0 Å². The molecular weight excluding hydrogens is 434 g/mol. The minimum Gasteiger partial charge on any atom is -0.456 e. The SMILES string of the molecule is Cc1cccc(-c2cc3c(o2)C=C(C(=O)N2Cc4cc(C(=O)CO)sc4C(C)(C)C2)C3C)c1. The van der Waals surface area contributed by atoms with Crippen LogP contribution in [-0.4, -0.2) is 34.8 Å². The van der Waals surface area contributed by atoms with Gasteiger partial charge < -0.3 is 14.4 Å². The predicted molar refractivity (Wildman–Crippen MR) is 129 cm³/mol. The Morgan fingerprint density at radius 2 is 2.03 bits per heavy atom. The zero-order valence-electron chi connectivity index (χ0n) is 19.3. The lowest BCUT2D eigenvalue weighted by molar-refractivity contribution is -0.129. The summed E-state index contributed by atoms with van der Waals surface area (Å²) in [4.78, 5) is 29.1. The van der Waals surface area contributed by atoms with Crippen LogP contribution in [0.5, 0.6) is 0 Å². The van der Waals surface area contributed by atoms with E-state index < -0.39 is 6.61 Å². The Labute approximate surface area is 197 Å². The van der Waals surface area contributed by atoms with E-state index in [1.54, 1.807) is 0 Å². The summed E-state index contributed by atoms with van der Waals surface area (Å²) in [6.45, 7) is 8.84. The van der Waals surface area contributed by atoms with Crippen LogP contribution in [0.2, 0.25) is 0 Å². The molecule has 1 aliphatic carbocycles. The van der Waals surface area contributed by atoms with Gasteiger partial charge in [0.1, 0.15) is 18.1 Å². The monoisotopic (exact) mass is 461 g/mol. The molecule has 1 atom stereocenters. The van der Waals surface area contributed by atoms with Gasteiger partial charge in [-0.2, -0.15) is 0 Å². The highest BCUT2D eigenvalue weighted by Crippen LogP contribution is 2.44. The Kier molecular flexibility index (Phi) is 5.18. The summed E-state index contributed by atoms with van der Waals surface area (Å²) < 4.78 is 6.14. The van der Waals surface area contributed by atoms with Crippen molar-refractivity contribution in [3.05, 3.63) is 74.2 Å². The molecular formula is C27H27NO4S. The Morgan fingerprint density at radius 3 is 2.73 bits per heavy atom. The van der Waals surface area contributed by atoms with E-state index in [9.17, 15) is 14.7 Å². The van der Waals surface area contributed by atoms with Crippen LogP contribution in [0, 0.1) is 6.92 Å². The van der Waals surface area contributed by atoms with Crippen molar-refractivity contribution in [2.75, 3.05) is 13.2 Å². The van der Waals surface area contributed by atoms with Crippen LogP contribution >= 0.6 is 11.3 Å². The molecule has 33 heavy (non-hydrogen) atoms. The second kappa shape index (κ2) is 7.82. The summed E-state index contributed by atoms with van der Waals surface area (Å²) in [7, 11) is 0. The molecule has 2 aromatic heterocycles. The first kappa shape index (κ1) is 21.9. The third-order valence-corrected chi connectivity index (χ3v) is 8.22. The van der Waals surface area contributed by atoms with Crippen LogP contribution in [0.3, 0.4) is 0 Å². The quantitative estimate of drug-likeness (QED) is 0.535. The van der Waals surface area contributed by atoms with Gasteiger partial charge in [0.2, 0.25) is 0 Å². The first-order valence-electron chi connectivity index (χ1n) is 11.2. The molecule has 0 bridgehead atoms. The average Bonchev–Trinajstić information content (AvgIpc) is 3.47. The highest BCUT2D eigenvalue weighted by atomic mass is 32.1. The number of benzene rings is 1. The second-order valence-corrected chi connectivity index (χ2v) is 10.8. The molecule has 0 saturated carbocycles. The van der Waals surface area contributed by atoms with E-state index in [-0.39, 0.29) is 23.0 Å². The summed E-state index contributed by atoms with van der Waals surface area (Å²) in [6.07, 6.45) is 1.89. The molecule has 170 valence electrons. The van der Waals surface area contributed by atoms with Gasteiger partial charge in [0, 0.05) is 46.0 Å². The fraction of sp³-hybridized carbons (Fsp3) is 0.333. The minimum absolute atomic E-state index is 0.00552. The molecule has 3 aromatic rings. The van der Waals surface area contributed by atoms with Gasteiger partial charge in [-0.05, 0) is 36.8 Å². The lowest BCUT2D eigenvalue weighted by Crippen LogP contribution is -2.45. The first-order chi connectivity index (χ1) is 15.7. The zero-order valence-corrected chi connectivity index (χ0v) is 20.1. The standard InChI is InChI=1S/C27H27NO4S/c1-15-6-5-7-17(8-15)22-10-19-16(2)20(11-23(19)32-22)26(31)28-12-18-9-24(21(30)13-29)33-25(18)27(3,4)14-28/h5-11,16,29H,12-14H2,1-4H3. The maximum Gasteiger partial charge on any atom is 0.250 e. The molecule has 1 amide bonds. The minimum atomic E-state index is -0.498. The summed E-state index contributed by atoms with van der Waals surface area (Å²) in [5.41, 5.74) is 4.71. The number of amides is 1. The fourth-order valence-electron chi connectivity index (χ4n) is 4.96. The molecule has 1 N–H and O–H groups in total. The molecule has 0 spiro atoms. The number of carbonyl (C=O) groups is 2. The lowest BCUT2D eigenvalue weighted by Gasteiger charge is -2.38. The Balaban J connectivity index is 1.42. The van der Waals surface area contributed by atoms with E-state index in [0.29, 0.717) is 18.0 Å². The summed E-state index contributed by atoms with van der Waals surface area (Å²) in [5.74, 6) is 1.26. The molecule has 3 heterocycles. The number of aliphatic hydroxyl groups is 1. The molecule has 0 fully saturated rings. The fourth-order valence-corrected chi connectivity index (χ4v) is 6.16. The molecule has 1 aromatic carbocycles. The first-order valence-corrected chi connectivity index (χ1v) is 12.0. The summed E-state index contributed by atoms with van der Waals surface area (Å²) in [6, 6.07) is 12.1. The number of furan rings is 1. The van der Waals surface area contributed by atoms with Crippen molar-refractivity contribution in [3.8, 4) is 11.3 Å². The number of aliphatic hydroxyl groups excluding tert-OH is 1. The highest BCUT2D eigenvalue weighted by Gasteiger charge is 2.39. The molecule has 0 radical (unpaired) electrons. The van der Waals surface area contributed by atoms with Crippen LogP contribution < -0.4 is 0 Å². The van der Waals surface area contributed by atoms with Gasteiger partial charge in [0.25, 0.3) is 5.91 Å². The van der Waals surface area contributed by atoms with E-state index in [1.807, 2.05) is 36.1 Å². The molecule has 0 saturated heterocycles. The van der Waals surface area contributed by atoms with Crippen LogP contribution in [0.4, 0.5) is 0 Å². The number of ketones is 1. The molecule has 5 nitrogen and oxygen atoms in total. The van der Waals surface area contributed by atoms with E-state index in [2.05, 4.69) is 39.0 Å². The second-order valence-electron chi connectivity index (χ2n) is 9.71. The number of Topliss-reactive ketones (excluding diaryl/α,β-unsaturated/α-hetero) is 1. The molecule has 6 heteroatoms. The number of hydrogen-bond donors (Lipinski definition) is 1. The van der Waals surface area contributed by atoms with Gasteiger partial charge in [-0.15, -0.1) is 11.3 Å². The van der Waals surface area contributed by atoms with E-state index in [1.165, 1.54) is 16.9 Å². The summed E-state index contributed by atoms with van der Waals surface area (Å²) in [5, 5.41) is 9.24. The van der Waals surface area contributed by atoms with Crippen LogP contribution in [0.25, 0.3) is 17.4 Å². The number of fused-ring (bicyclic) bond motifs is 2. The third kappa shape index (κ3) is 3.67. The third-order valence-electron chi connectivity index (χ3n) is 6.64. The number of nitrogens with zero attached hydrogens (tertiary/aromatic N) is 1. The van der Waals surface area contributed by atoms with Crippen LogP contribution in [0.1, 0.15) is 63.7 Å². The lowest BCUT2D eigenvalue weighted by atomic mass is 9.84. The molecule has 5 rings (SSSR count). The molecule has 2 aliphatic rings. The average molecular weight is 462 g/mol. The van der Waals surface area contributed by atoms with Crippen LogP contribution in [-0.2, 0) is 16.8 Å². The maximum atomic E-state index is 13.6. The van der Waals surface area contributed by atoms with Gasteiger partial charge in [-0.25, -0.2) is 0 Å². The summed E-state index contributed by atoms with van der Waals surface area (Å²) >= 11 is 1.44. The largest absolute Gasteiger partial charge is 0.456 e. The van der Waals surface area contributed by atoms with E-state index >= 15 is 0 Å². The van der Waals surface area contributed by atoms with E-state index in [0.717, 1.165) is 38.7 Å². The normalized spacial score (nSPS) is 18.6. The number of rotatable bonds is 4. The predicted octanol–water partition coefficient (Wildman–Crippen LogP) is 5.31. The van der Waals surface area contributed by atoms with Gasteiger partial charge in [-0.3, -0.25) is 9.59 Å². The van der Waals surface area contributed by atoms with E-state index in [4.69, 9.17) is 4.42 Å². The number of thiophene rings is 1. The van der Waals surface area contributed by atoms with Crippen molar-refractivity contribution in [2.24, 2.45) is 0 Å². The maximum absolute atomic E-state index is 13.6. The van der Waals surface area contributed by atoms with Crippen molar-refractivity contribution < 1.29 is 19.1 Å². The molecule has 1 aliphatic heterocycles. The smallest absolute Gasteiger partial charge is 0.250 e. The van der Waals surface area contributed by atoms with Gasteiger partial charge in [-0.1, -0.05) is 44.5 Å². The van der Waals surface area contributed by atoms with Gasteiger partial charge in [0.05, 0.1) is 4.88 Å². The van der Waals surface area contributed by atoms with Gasteiger partial charge in [0.15, 0.2) is 5.78 Å². The van der Waals surface area contributed by atoms with Gasteiger partial charge >= 0.3 is 0 Å². The van der Waals surface area contributed by atoms with Crippen LogP contribution in [0.15, 0.2) is 46.4 Å². The van der Waals surface area contributed by atoms with Crippen molar-refractivity contribution in [2.45, 2.75) is 45.6 Å². The number of aryl methyl sites for hydroxylation is 1. The topological polar surface area (TPSA) is 70.8 Å².